The Morgan fingerprint density at radius 3 is 2.73 bits per heavy atom. The number of esters is 1. The van der Waals surface area contributed by atoms with Crippen molar-refractivity contribution >= 4 is 17.0 Å². The number of aromatic nitrogens is 3. The zero-order valence-corrected chi connectivity index (χ0v) is 16.8. The van der Waals surface area contributed by atoms with Crippen LogP contribution in [-0.4, -0.2) is 27.8 Å². The number of carbonyl (C=O) groups is 1. The van der Waals surface area contributed by atoms with E-state index in [0.717, 1.165) is 40.7 Å². The molecule has 0 bridgehead atoms. The van der Waals surface area contributed by atoms with Crippen LogP contribution in [0.4, 0.5) is 0 Å². The van der Waals surface area contributed by atoms with E-state index >= 15 is 0 Å². The maximum atomic E-state index is 12.8. The van der Waals surface area contributed by atoms with Crippen LogP contribution in [0, 0.1) is 0 Å². The fraction of sp³-hybridized carbons (Fsp3) is 0.208. The molecule has 0 fully saturated rings. The number of carbonyl (C=O) groups excluding carboxylic acids is 1. The van der Waals surface area contributed by atoms with E-state index in [9.17, 15) is 4.79 Å². The Labute approximate surface area is 174 Å². The summed E-state index contributed by atoms with van der Waals surface area (Å²) in [6, 6.07) is 17.1. The van der Waals surface area contributed by atoms with Gasteiger partial charge in [0.2, 0.25) is 0 Å². The van der Waals surface area contributed by atoms with Crippen LogP contribution in [-0.2, 0) is 11.3 Å². The molecule has 6 heteroatoms. The molecule has 0 atom stereocenters. The normalized spacial score (nSPS) is 10.8. The summed E-state index contributed by atoms with van der Waals surface area (Å²) in [5.74, 6) is 0.398. The van der Waals surface area contributed by atoms with Crippen molar-refractivity contribution in [2.75, 3.05) is 6.61 Å². The van der Waals surface area contributed by atoms with Crippen molar-refractivity contribution in [3.8, 4) is 16.9 Å². The van der Waals surface area contributed by atoms with Crippen molar-refractivity contribution in [1.82, 2.24) is 15.2 Å². The van der Waals surface area contributed by atoms with Crippen LogP contribution in [0.1, 0.15) is 35.7 Å². The van der Waals surface area contributed by atoms with E-state index in [1.165, 1.54) is 0 Å². The smallest absolute Gasteiger partial charge is 0.338 e. The van der Waals surface area contributed by atoms with Gasteiger partial charge >= 0.3 is 5.97 Å². The van der Waals surface area contributed by atoms with Crippen LogP contribution in [0.5, 0.6) is 5.75 Å². The quantitative estimate of drug-likeness (QED) is 0.326. The first-order valence-corrected chi connectivity index (χ1v) is 10.0. The predicted molar refractivity (Wildman–Crippen MR) is 115 cm³/mol. The number of aromatic amines is 1. The molecule has 4 rings (SSSR count). The second-order valence-corrected chi connectivity index (χ2v) is 6.91. The molecule has 0 saturated carbocycles. The molecule has 0 saturated heterocycles. The van der Waals surface area contributed by atoms with Gasteiger partial charge in [-0.1, -0.05) is 43.7 Å². The first-order valence-electron chi connectivity index (χ1n) is 10.0. The van der Waals surface area contributed by atoms with E-state index in [-0.39, 0.29) is 12.6 Å². The molecule has 0 unspecified atom stereocenters. The highest BCUT2D eigenvalue weighted by Crippen LogP contribution is 2.32. The number of para-hydroxylation sites is 1. The Kier molecular flexibility index (Phi) is 6.03. The summed E-state index contributed by atoms with van der Waals surface area (Å²) in [6.45, 7) is 2.70. The van der Waals surface area contributed by atoms with E-state index < -0.39 is 0 Å². The topological polar surface area (TPSA) is 77.1 Å². The first kappa shape index (κ1) is 19.6. The van der Waals surface area contributed by atoms with E-state index in [1.807, 2.05) is 48.5 Å². The SMILES string of the molecule is CCCCOC(=O)c1cccc(-c2ccnc3[nH]ncc23)c1COc1ccccc1. The van der Waals surface area contributed by atoms with E-state index in [1.54, 1.807) is 18.5 Å². The molecule has 0 radical (unpaired) electrons. The largest absolute Gasteiger partial charge is 0.489 e. The van der Waals surface area contributed by atoms with E-state index in [4.69, 9.17) is 9.47 Å². The summed E-state index contributed by atoms with van der Waals surface area (Å²) in [7, 11) is 0. The Morgan fingerprint density at radius 1 is 1.03 bits per heavy atom. The molecule has 0 aliphatic carbocycles. The minimum Gasteiger partial charge on any atom is -0.489 e. The molecular formula is C24H23N3O3. The lowest BCUT2D eigenvalue weighted by molar-refractivity contribution is 0.0497. The van der Waals surface area contributed by atoms with Gasteiger partial charge < -0.3 is 9.47 Å². The lowest BCUT2D eigenvalue weighted by Crippen LogP contribution is -2.12. The summed E-state index contributed by atoms with van der Waals surface area (Å²) in [5, 5.41) is 7.89. The van der Waals surface area contributed by atoms with Crippen molar-refractivity contribution in [2.24, 2.45) is 0 Å². The Morgan fingerprint density at radius 2 is 1.90 bits per heavy atom. The molecular weight excluding hydrogens is 378 g/mol. The predicted octanol–water partition coefficient (Wildman–Crippen LogP) is 5.16. The number of rotatable bonds is 8. The average Bonchev–Trinajstić information content (AvgIpc) is 3.27. The molecule has 30 heavy (non-hydrogen) atoms. The summed E-state index contributed by atoms with van der Waals surface area (Å²) in [6.07, 6.45) is 5.27. The number of benzene rings is 2. The van der Waals surface area contributed by atoms with Gasteiger partial charge in [-0.05, 0) is 41.8 Å². The lowest BCUT2D eigenvalue weighted by atomic mass is 9.94. The van der Waals surface area contributed by atoms with Gasteiger partial charge in [-0.25, -0.2) is 9.78 Å². The molecule has 0 aliphatic rings. The third-order valence-electron chi connectivity index (χ3n) is 4.90. The number of H-pyrrole nitrogens is 1. The molecule has 4 aromatic rings. The highest BCUT2D eigenvalue weighted by molar-refractivity contribution is 5.98. The number of ether oxygens (including phenoxy) is 2. The fourth-order valence-corrected chi connectivity index (χ4v) is 3.33. The van der Waals surface area contributed by atoms with Crippen molar-refractivity contribution in [3.05, 3.63) is 78.1 Å². The van der Waals surface area contributed by atoms with Gasteiger partial charge in [0.25, 0.3) is 0 Å². The summed E-state index contributed by atoms with van der Waals surface area (Å²) in [4.78, 5) is 17.2. The first-order chi connectivity index (χ1) is 14.8. The number of fused-ring (bicyclic) bond motifs is 1. The molecule has 2 aromatic carbocycles. The van der Waals surface area contributed by atoms with Crippen LogP contribution < -0.4 is 4.74 Å². The second-order valence-electron chi connectivity index (χ2n) is 6.91. The number of nitrogens with zero attached hydrogens (tertiary/aromatic N) is 2. The van der Waals surface area contributed by atoms with Crippen LogP contribution in [0.3, 0.4) is 0 Å². The average molecular weight is 401 g/mol. The molecule has 0 spiro atoms. The van der Waals surface area contributed by atoms with E-state index in [0.29, 0.717) is 17.8 Å². The van der Waals surface area contributed by atoms with Gasteiger partial charge in [0.05, 0.1) is 18.4 Å². The maximum Gasteiger partial charge on any atom is 0.338 e. The number of unbranched alkanes of at least 4 members (excludes halogenated alkanes) is 1. The minimum atomic E-state index is -0.338. The van der Waals surface area contributed by atoms with Crippen molar-refractivity contribution in [1.29, 1.82) is 0 Å². The van der Waals surface area contributed by atoms with Gasteiger partial charge in [-0.3, -0.25) is 5.10 Å². The maximum absolute atomic E-state index is 12.8. The summed E-state index contributed by atoms with van der Waals surface area (Å²) in [5.41, 5.74) is 3.80. The third kappa shape index (κ3) is 4.17. The second kappa shape index (κ2) is 9.22. The lowest BCUT2D eigenvalue weighted by Gasteiger charge is -2.16. The molecule has 0 aliphatic heterocycles. The molecule has 6 nitrogen and oxygen atoms in total. The number of hydrogen-bond donors (Lipinski definition) is 1. The van der Waals surface area contributed by atoms with Gasteiger partial charge in [-0.15, -0.1) is 0 Å². The highest BCUT2D eigenvalue weighted by atomic mass is 16.5. The van der Waals surface area contributed by atoms with Crippen molar-refractivity contribution in [3.63, 3.8) is 0 Å². The van der Waals surface area contributed by atoms with Gasteiger partial charge in [-0.2, -0.15) is 5.10 Å². The zero-order valence-electron chi connectivity index (χ0n) is 16.8. The molecule has 2 aromatic heterocycles. The fourth-order valence-electron chi connectivity index (χ4n) is 3.33. The monoisotopic (exact) mass is 401 g/mol. The summed E-state index contributed by atoms with van der Waals surface area (Å²) < 4.78 is 11.5. The van der Waals surface area contributed by atoms with Crippen molar-refractivity contribution in [2.45, 2.75) is 26.4 Å². The van der Waals surface area contributed by atoms with Gasteiger partial charge in [0.15, 0.2) is 5.65 Å². The third-order valence-corrected chi connectivity index (χ3v) is 4.90. The van der Waals surface area contributed by atoms with Crippen molar-refractivity contribution < 1.29 is 14.3 Å². The van der Waals surface area contributed by atoms with Gasteiger partial charge in [0, 0.05) is 17.1 Å². The van der Waals surface area contributed by atoms with Crippen LogP contribution in [0.2, 0.25) is 0 Å². The van der Waals surface area contributed by atoms with Crippen LogP contribution in [0.25, 0.3) is 22.2 Å². The van der Waals surface area contributed by atoms with Crippen LogP contribution in [0.15, 0.2) is 67.0 Å². The molecule has 152 valence electrons. The molecule has 1 N–H and O–H groups in total. The Balaban J connectivity index is 1.76. The van der Waals surface area contributed by atoms with Gasteiger partial charge in [0.1, 0.15) is 12.4 Å². The molecule has 0 amide bonds. The standard InChI is InChI=1S/C24H23N3O3/c1-2-3-14-29-24(28)20-11-7-10-18(19-12-13-25-23-21(19)15-26-27-23)22(20)16-30-17-8-5-4-6-9-17/h4-13,15H,2-3,14,16H2,1H3,(H,25,26,27). The summed E-state index contributed by atoms with van der Waals surface area (Å²) >= 11 is 0. The van der Waals surface area contributed by atoms with Crippen LogP contribution >= 0.6 is 0 Å². The minimum absolute atomic E-state index is 0.236. The highest BCUT2D eigenvalue weighted by Gasteiger charge is 2.19. The number of nitrogens with one attached hydrogen (secondary N) is 1. The number of hydrogen-bond acceptors (Lipinski definition) is 5. The number of pyridine rings is 1. The Hall–Kier alpha value is -3.67. The zero-order chi connectivity index (χ0) is 20.8. The Bertz CT molecular complexity index is 1140. The molecule has 2 heterocycles. The van der Waals surface area contributed by atoms with E-state index in [2.05, 4.69) is 22.1 Å².